The van der Waals surface area contributed by atoms with Crippen molar-refractivity contribution in [1.82, 2.24) is 0 Å². The summed E-state index contributed by atoms with van der Waals surface area (Å²) in [6, 6.07) is 0. The van der Waals surface area contributed by atoms with E-state index in [1.54, 1.807) is 0 Å². The summed E-state index contributed by atoms with van der Waals surface area (Å²) in [6.07, 6.45) is -0.432. The Hall–Kier alpha value is -0.260. The predicted molar refractivity (Wildman–Crippen MR) is 23.8 cm³/mol. The van der Waals surface area contributed by atoms with Crippen molar-refractivity contribution in [3.05, 3.63) is 10.1 Å². The average molecular weight is 141 g/mol. The number of hydrogen-bond donors (Lipinski definition) is 0. The van der Waals surface area contributed by atoms with Crippen LogP contribution in [0.2, 0.25) is 0 Å². The van der Waals surface area contributed by atoms with Crippen molar-refractivity contribution in [2.75, 3.05) is 0 Å². The van der Waals surface area contributed by atoms with Crippen molar-refractivity contribution in [1.29, 1.82) is 0 Å². The number of carbonyl (C=O) groups is 2. The van der Waals surface area contributed by atoms with Crippen LogP contribution in [0.25, 0.3) is 0 Å². The molecular weight excluding hydrogens is 137 g/mol. The molecule has 0 aliphatic rings. The summed E-state index contributed by atoms with van der Waals surface area (Å²) in [5, 5.41) is 9.39. The fraction of sp³-hybridized carbons (Fsp3) is 0.333. The molecule has 5 nitrogen and oxygen atoms in total. The zero-order valence-electron chi connectivity index (χ0n) is 5.86. The largest absolute Gasteiger partial charge is 1.00 e. The minimum Gasteiger partial charge on any atom is -1.00 e. The summed E-state index contributed by atoms with van der Waals surface area (Å²) >= 11 is 0. The zero-order valence-corrected chi connectivity index (χ0v) is 6.86. The van der Waals surface area contributed by atoms with Crippen molar-refractivity contribution in [3.63, 3.8) is 0 Å². The van der Waals surface area contributed by atoms with Crippen molar-refractivity contribution in [2.45, 2.75) is 6.42 Å². The summed E-state index contributed by atoms with van der Waals surface area (Å²) in [6.45, 7) is 0. The first kappa shape index (κ1) is 11.5. The Morgan fingerprint density at radius 3 is 2.33 bits per heavy atom. The summed E-state index contributed by atoms with van der Waals surface area (Å²) in [5.74, 6) is -1.26. The molecule has 46 valence electrons. The van der Waals surface area contributed by atoms with Gasteiger partial charge in [-0.3, -0.25) is 10.1 Å². The SMILES string of the molecule is O=CCC(=O)[N+](=O)[O-].[H-].[Na+]. The number of nitro groups is 1. The molecule has 0 saturated heterocycles. The van der Waals surface area contributed by atoms with E-state index >= 15 is 0 Å². The summed E-state index contributed by atoms with van der Waals surface area (Å²) in [7, 11) is 0. The monoisotopic (exact) mass is 141 g/mol. The average Bonchev–Trinajstić information content (AvgIpc) is 1.67. The van der Waals surface area contributed by atoms with E-state index in [1.807, 2.05) is 0 Å². The maximum absolute atomic E-state index is 9.81. The van der Waals surface area contributed by atoms with Crippen molar-refractivity contribution in [3.8, 4) is 0 Å². The number of nitrogens with zero attached hydrogens (tertiary/aromatic N) is 1. The fourth-order valence-corrected chi connectivity index (χ4v) is 0.146. The molecule has 0 aromatic rings. The van der Waals surface area contributed by atoms with Crippen molar-refractivity contribution >= 4 is 12.2 Å². The molecule has 0 unspecified atom stereocenters. The first-order valence-corrected chi connectivity index (χ1v) is 1.79. The Morgan fingerprint density at radius 1 is 1.78 bits per heavy atom. The van der Waals surface area contributed by atoms with E-state index in [4.69, 9.17) is 0 Å². The summed E-state index contributed by atoms with van der Waals surface area (Å²) in [5.41, 5.74) is 0. The van der Waals surface area contributed by atoms with Gasteiger partial charge in [-0.15, -0.1) is 0 Å². The quantitative estimate of drug-likeness (QED) is 0.131. The Kier molecular flexibility index (Phi) is 7.52. The van der Waals surface area contributed by atoms with Gasteiger partial charge in [-0.25, -0.2) is 4.79 Å². The molecule has 0 heterocycles. The van der Waals surface area contributed by atoms with Gasteiger partial charge in [0.25, 0.3) is 0 Å². The van der Waals surface area contributed by atoms with Crippen molar-refractivity contribution in [2.24, 2.45) is 0 Å². The molecule has 0 N–H and O–H groups in total. The zero-order chi connectivity index (χ0) is 6.57. The van der Waals surface area contributed by atoms with Crippen LogP contribution in [0.15, 0.2) is 0 Å². The molecule has 0 saturated carbocycles. The van der Waals surface area contributed by atoms with Gasteiger partial charge in [-0.05, 0) is 0 Å². The molecule has 0 atom stereocenters. The van der Waals surface area contributed by atoms with Crippen LogP contribution < -0.4 is 29.6 Å². The Balaban J connectivity index is -0.000000245. The van der Waals surface area contributed by atoms with Crippen LogP contribution in [0, 0.1) is 10.1 Å². The molecule has 0 aliphatic heterocycles. The van der Waals surface area contributed by atoms with E-state index < -0.39 is 17.3 Å². The third-order valence-electron chi connectivity index (χ3n) is 0.462. The van der Waals surface area contributed by atoms with Crippen LogP contribution in [0.4, 0.5) is 0 Å². The molecule has 9 heavy (non-hydrogen) atoms. The van der Waals surface area contributed by atoms with Gasteiger partial charge in [-0.2, -0.15) is 0 Å². The third kappa shape index (κ3) is 5.61. The Morgan fingerprint density at radius 2 is 2.22 bits per heavy atom. The maximum atomic E-state index is 9.81. The van der Waals surface area contributed by atoms with Gasteiger partial charge in [0.05, 0.1) is 0 Å². The van der Waals surface area contributed by atoms with Crippen LogP contribution in [0.3, 0.4) is 0 Å². The molecule has 0 radical (unpaired) electrons. The van der Waals surface area contributed by atoms with Crippen LogP contribution in [0.5, 0.6) is 0 Å². The smallest absolute Gasteiger partial charge is 1.00 e. The summed E-state index contributed by atoms with van der Waals surface area (Å²) in [4.78, 5) is 27.5. The first-order valence-electron chi connectivity index (χ1n) is 1.79. The minimum atomic E-state index is -1.26. The standard InChI is InChI=1S/C3H3NO4.Na.H/c5-2-1-3(6)4(7)8;;/h2H,1H2;;/q;+1;-1. The number of carbonyl (C=O) groups excluding carboxylic acids is 2. The second kappa shape index (κ2) is 5.87. The van der Waals surface area contributed by atoms with Gasteiger partial charge in [0.2, 0.25) is 0 Å². The van der Waals surface area contributed by atoms with E-state index in [0.717, 1.165) is 0 Å². The molecular formula is C3H4NNaO4. The molecule has 0 rings (SSSR count). The summed E-state index contributed by atoms with van der Waals surface area (Å²) < 4.78 is 0. The van der Waals surface area contributed by atoms with E-state index in [9.17, 15) is 19.7 Å². The molecule has 0 spiro atoms. The normalized spacial score (nSPS) is 7.11. The Labute approximate surface area is 74.3 Å². The maximum Gasteiger partial charge on any atom is 1.00 e. The fourth-order valence-electron chi connectivity index (χ4n) is 0.146. The van der Waals surface area contributed by atoms with Gasteiger partial charge >= 0.3 is 35.5 Å². The second-order valence-electron chi connectivity index (χ2n) is 1.02. The van der Waals surface area contributed by atoms with Gasteiger partial charge in [0, 0.05) is 0 Å². The molecule has 6 heteroatoms. The number of aldehydes is 1. The van der Waals surface area contributed by atoms with Crippen molar-refractivity contribution < 1.29 is 45.5 Å². The van der Waals surface area contributed by atoms with Gasteiger partial charge < -0.3 is 6.22 Å². The molecule has 0 bridgehead atoms. The number of amides is 1. The van der Waals surface area contributed by atoms with E-state index in [2.05, 4.69) is 0 Å². The van der Waals surface area contributed by atoms with Crippen LogP contribution >= 0.6 is 0 Å². The van der Waals surface area contributed by atoms with Crippen LogP contribution in [0.1, 0.15) is 7.85 Å². The first-order chi connectivity index (χ1) is 3.68. The van der Waals surface area contributed by atoms with E-state index in [-0.39, 0.29) is 37.3 Å². The molecule has 0 aromatic heterocycles. The third-order valence-corrected chi connectivity index (χ3v) is 0.462. The van der Waals surface area contributed by atoms with Gasteiger partial charge in [-0.1, -0.05) is 0 Å². The predicted octanol–water partition coefficient (Wildman–Crippen LogP) is -3.50. The number of rotatable bonds is 2. The number of hydrogen-bond acceptors (Lipinski definition) is 4. The second-order valence-corrected chi connectivity index (χ2v) is 1.02. The van der Waals surface area contributed by atoms with Crippen LogP contribution in [-0.2, 0) is 9.59 Å². The molecule has 1 amide bonds. The molecule has 0 aromatic carbocycles. The molecule has 0 aliphatic carbocycles. The Bertz CT molecular complexity index is 138. The minimum absolute atomic E-state index is 0. The topological polar surface area (TPSA) is 77.3 Å². The van der Waals surface area contributed by atoms with E-state index in [0.29, 0.717) is 0 Å². The molecule has 0 fully saturated rings. The van der Waals surface area contributed by atoms with Gasteiger partial charge in [0.15, 0.2) is 0 Å². The van der Waals surface area contributed by atoms with E-state index in [1.165, 1.54) is 0 Å². The van der Waals surface area contributed by atoms with Gasteiger partial charge in [0.1, 0.15) is 17.6 Å². The van der Waals surface area contributed by atoms with Crippen LogP contribution in [-0.4, -0.2) is 17.1 Å².